The van der Waals surface area contributed by atoms with Gasteiger partial charge in [-0.25, -0.2) is 0 Å². The number of hydrogen-bond acceptors (Lipinski definition) is 2. The molecular formula is C17H17NS. The van der Waals surface area contributed by atoms with E-state index in [-0.39, 0.29) is 0 Å². The third-order valence-electron chi connectivity index (χ3n) is 3.28. The van der Waals surface area contributed by atoms with Crippen molar-refractivity contribution in [1.29, 1.82) is 0 Å². The Balaban J connectivity index is 1.56. The lowest BCUT2D eigenvalue weighted by Gasteiger charge is -2.05. The van der Waals surface area contributed by atoms with E-state index in [0.29, 0.717) is 0 Å². The minimum atomic E-state index is 0.977. The Morgan fingerprint density at radius 1 is 0.895 bits per heavy atom. The van der Waals surface area contributed by atoms with Gasteiger partial charge in [0.05, 0.1) is 0 Å². The molecule has 0 amide bonds. The first-order valence-electron chi connectivity index (χ1n) is 6.62. The van der Waals surface area contributed by atoms with Crippen LogP contribution < -0.4 is 5.32 Å². The molecule has 0 saturated heterocycles. The Morgan fingerprint density at radius 3 is 2.63 bits per heavy atom. The first-order valence-corrected chi connectivity index (χ1v) is 7.50. The summed E-state index contributed by atoms with van der Waals surface area (Å²) in [5.74, 6) is 0. The molecule has 0 spiro atoms. The molecule has 2 heteroatoms. The average molecular weight is 267 g/mol. The molecule has 3 rings (SSSR count). The van der Waals surface area contributed by atoms with E-state index in [9.17, 15) is 0 Å². The van der Waals surface area contributed by atoms with E-state index in [2.05, 4.69) is 65.3 Å². The van der Waals surface area contributed by atoms with Crippen LogP contribution >= 0.6 is 11.3 Å². The fourth-order valence-corrected chi connectivity index (χ4v) is 2.93. The molecule has 0 aliphatic carbocycles. The highest BCUT2D eigenvalue weighted by molar-refractivity contribution is 7.09. The van der Waals surface area contributed by atoms with E-state index in [1.54, 1.807) is 0 Å². The summed E-state index contributed by atoms with van der Waals surface area (Å²) in [7, 11) is 0. The molecule has 3 aromatic rings. The average Bonchev–Trinajstić information content (AvgIpc) is 2.97. The molecule has 1 N–H and O–H groups in total. The predicted molar refractivity (Wildman–Crippen MR) is 83.7 cm³/mol. The van der Waals surface area contributed by atoms with Gasteiger partial charge in [0.1, 0.15) is 0 Å². The minimum Gasteiger partial charge on any atom is -0.312 e. The van der Waals surface area contributed by atoms with Gasteiger partial charge in [0.2, 0.25) is 0 Å². The quantitative estimate of drug-likeness (QED) is 0.682. The van der Waals surface area contributed by atoms with Gasteiger partial charge in [0.25, 0.3) is 0 Å². The second-order valence-electron chi connectivity index (χ2n) is 4.69. The number of nitrogens with one attached hydrogen (secondary N) is 1. The molecule has 0 aliphatic rings. The summed E-state index contributed by atoms with van der Waals surface area (Å²) in [6.07, 6.45) is 1.08. The second kappa shape index (κ2) is 6.00. The van der Waals surface area contributed by atoms with Crippen LogP contribution in [0.3, 0.4) is 0 Å². The molecule has 0 bridgehead atoms. The molecule has 0 unspecified atom stereocenters. The molecule has 2 aromatic carbocycles. The van der Waals surface area contributed by atoms with Crippen LogP contribution in [-0.2, 0) is 13.0 Å². The van der Waals surface area contributed by atoms with Gasteiger partial charge < -0.3 is 5.32 Å². The van der Waals surface area contributed by atoms with Gasteiger partial charge in [0, 0.05) is 11.4 Å². The smallest absolute Gasteiger partial charge is 0.0299 e. The Morgan fingerprint density at radius 2 is 1.79 bits per heavy atom. The highest BCUT2D eigenvalue weighted by Crippen LogP contribution is 2.15. The number of fused-ring (bicyclic) bond motifs is 1. The summed E-state index contributed by atoms with van der Waals surface area (Å²) in [6.45, 7) is 2.00. The van der Waals surface area contributed by atoms with Gasteiger partial charge in [-0.15, -0.1) is 11.3 Å². The van der Waals surface area contributed by atoms with E-state index < -0.39 is 0 Å². The third-order valence-corrected chi connectivity index (χ3v) is 4.16. The maximum Gasteiger partial charge on any atom is 0.0299 e. The van der Waals surface area contributed by atoms with Crippen molar-refractivity contribution in [1.82, 2.24) is 5.32 Å². The lowest BCUT2D eigenvalue weighted by molar-refractivity contribution is 0.694. The van der Waals surface area contributed by atoms with Gasteiger partial charge in [0.15, 0.2) is 0 Å². The molecule has 0 saturated carbocycles. The summed E-state index contributed by atoms with van der Waals surface area (Å²) in [5.41, 5.74) is 1.40. The highest BCUT2D eigenvalue weighted by atomic mass is 32.1. The zero-order valence-corrected chi connectivity index (χ0v) is 11.6. The predicted octanol–water partition coefficient (Wildman–Crippen LogP) is 4.23. The Labute approximate surface area is 117 Å². The van der Waals surface area contributed by atoms with Crippen LogP contribution in [0.15, 0.2) is 60.0 Å². The van der Waals surface area contributed by atoms with E-state index >= 15 is 0 Å². The van der Waals surface area contributed by atoms with E-state index in [0.717, 1.165) is 19.5 Å². The number of hydrogen-bond donors (Lipinski definition) is 1. The van der Waals surface area contributed by atoms with Crippen molar-refractivity contribution < 1.29 is 0 Å². The van der Waals surface area contributed by atoms with Gasteiger partial charge in [-0.2, -0.15) is 0 Å². The SMILES string of the molecule is c1csc(CNCCc2ccc3ccccc3c2)c1. The van der Waals surface area contributed by atoms with Gasteiger partial charge >= 0.3 is 0 Å². The van der Waals surface area contributed by atoms with Crippen LogP contribution in [0.1, 0.15) is 10.4 Å². The zero-order chi connectivity index (χ0) is 12.9. The summed E-state index contributed by atoms with van der Waals surface area (Å²) >= 11 is 1.81. The summed E-state index contributed by atoms with van der Waals surface area (Å²) in [5, 5.41) is 8.27. The number of rotatable bonds is 5. The molecule has 0 radical (unpaired) electrons. The van der Waals surface area contributed by atoms with Gasteiger partial charge in [-0.1, -0.05) is 48.5 Å². The lowest BCUT2D eigenvalue weighted by Crippen LogP contribution is -2.15. The van der Waals surface area contributed by atoms with E-state index in [4.69, 9.17) is 0 Å². The monoisotopic (exact) mass is 267 g/mol. The van der Waals surface area contributed by atoms with Crippen molar-refractivity contribution in [3.8, 4) is 0 Å². The van der Waals surface area contributed by atoms with Crippen LogP contribution in [-0.4, -0.2) is 6.54 Å². The van der Waals surface area contributed by atoms with E-state index in [1.165, 1.54) is 21.2 Å². The van der Waals surface area contributed by atoms with Crippen LogP contribution in [0.5, 0.6) is 0 Å². The van der Waals surface area contributed by atoms with E-state index in [1.807, 2.05) is 11.3 Å². The number of benzene rings is 2. The maximum atomic E-state index is 3.49. The van der Waals surface area contributed by atoms with Crippen molar-refractivity contribution in [2.24, 2.45) is 0 Å². The normalized spacial score (nSPS) is 10.9. The maximum absolute atomic E-state index is 3.49. The fourth-order valence-electron chi connectivity index (χ4n) is 2.25. The number of thiophene rings is 1. The lowest BCUT2D eigenvalue weighted by atomic mass is 10.1. The molecule has 19 heavy (non-hydrogen) atoms. The van der Waals surface area contributed by atoms with Crippen LogP contribution in [0.4, 0.5) is 0 Å². The van der Waals surface area contributed by atoms with Crippen molar-refractivity contribution in [3.63, 3.8) is 0 Å². The Kier molecular flexibility index (Phi) is 3.92. The van der Waals surface area contributed by atoms with Crippen LogP contribution in [0.25, 0.3) is 10.8 Å². The molecule has 1 aromatic heterocycles. The summed E-state index contributed by atoms with van der Waals surface area (Å²) in [6, 6.07) is 19.5. The molecule has 1 heterocycles. The van der Waals surface area contributed by atoms with Gasteiger partial charge in [-0.05, 0) is 40.7 Å². The molecule has 0 aliphatic heterocycles. The van der Waals surface area contributed by atoms with Crippen molar-refractivity contribution in [2.75, 3.05) is 6.54 Å². The first kappa shape index (κ1) is 12.4. The Hall–Kier alpha value is -1.64. The summed E-state index contributed by atoms with van der Waals surface area (Å²) < 4.78 is 0. The van der Waals surface area contributed by atoms with Crippen molar-refractivity contribution in [3.05, 3.63) is 70.4 Å². The second-order valence-corrected chi connectivity index (χ2v) is 5.72. The standard InChI is InChI=1S/C17H17NS/c1-2-5-16-12-14(7-8-15(16)4-1)9-10-18-13-17-6-3-11-19-17/h1-8,11-12,18H,9-10,13H2. The van der Waals surface area contributed by atoms with Crippen LogP contribution in [0, 0.1) is 0 Å². The third kappa shape index (κ3) is 3.22. The Bertz CT molecular complexity index is 643. The largest absolute Gasteiger partial charge is 0.312 e. The fraction of sp³-hybridized carbons (Fsp3) is 0.176. The topological polar surface area (TPSA) is 12.0 Å². The van der Waals surface area contributed by atoms with Crippen molar-refractivity contribution >= 4 is 22.1 Å². The first-order chi connectivity index (χ1) is 9.42. The molecule has 1 nitrogen and oxygen atoms in total. The molecule has 96 valence electrons. The minimum absolute atomic E-state index is 0.977. The van der Waals surface area contributed by atoms with Gasteiger partial charge in [-0.3, -0.25) is 0 Å². The molecule has 0 atom stereocenters. The van der Waals surface area contributed by atoms with Crippen LogP contribution in [0.2, 0.25) is 0 Å². The molecular weight excluding hydrogens is 250 g/mol. The molecule has 0 fully saturated rings. The summed E-state index contributed by atoms with van der Waals surface area (Å²) in [4.78, 5) is 1.40. The van der Waals surface area contributed by atoms with Crippen molar-refractivity contribution in [2.45, 2.75) is 13.0 Å². The zero-order valence-electron chi connectivity index (χ0n) is 10.8. The highest BCUT2D eigenvalue weighted by Gasteiger charge is 1.97.